The van der Waals surface area contributed by atoms with E-state index in [1.165, 1.54) is 10.2 Å². The van der Waals surface area contributed by atoms with Gasteiger partial charge in [0.1, 0.15) is 5.82 Å². The lowest BCUT2D eigenvalue weighted by molar-refractivity contribution is -0.116. The Morgan fingerprint density at radius 2 is 1.68 bits per heavy atom. The highest BCUT2D eigenvalue weighted by molar-refractivity contribution is 6.03. The maximum Gasteiger partial charge on any atom is 0.276 e. The van der Waals surface area contributed by atoms with Crippen LogP contribution < -0.4 is 10.6 Å². The van der Waals surface area contributed by atoms with Crippen LogP contribution in [0.15, 0.2) is 60.7 Å². The molecular weight excluding hydrogens is 352 g/mol. The minimum atomic E-state index is -0.315. The summed E-state index contributed by atoms with van der Waals surface area (Å²) in [5.74, 6) is 0.0585. The second kappa shape index (κ2) is 8.99. The molecule has 0 spiro atoms. The SMILES string of the molecule is CCc1ccc(NC(=O)c2cc(NC(=O)CCc3ccccc3)n(C)n2)cc1. The van der Waals surface area contributed by atoms with Crippen molar-refractivity contribution >= 4 is 23.3 Å². The maximum atomic E-state index is 12.4. The Bertz CT molecular complexity index is 946. The average Bonchev–Trinajstić information content (AvgIpc) is 3.08. The van der Waals surface area contributed by atoms with Gasteiger partial charge in [-0.1, -0.05) is 49.4 Å². The summed E-state index contributed by atoms with van der Waals surface area (Å²) in [7, 11) is 1.69. The number of anilines is 2. The molecule has 0 radical (unpaired) electrons. The van der Waals surface area contributed by atoms with Crippen LogP contribution in [-0.4, -0.2) is 21.6 Å². The van der Waals surface area contributed by atoms with Crippen LogP contribution >= 0.6 is 0 Å². The molecule has 0 atom stereocenters. The molecule has 6 nitrogen and oxygen atoms in total. The molecule has 2 amide bonds. The monoisotopic (exact) mass is 376 g/mol. The van der Waals surface area contributed by atoms with Crippen LogP contribution in [0.3, 0.4) is 0 Å². The molecule has 28 heavy (non-hydrogen) atoms. The van der Waals surface area contributed by atoms with Gasteiger partial charge in [-0.15, -0.1) is 0 Å². The predicted molar refractivity (Wildman–Crippen MR) is 110 cm³/mol. The summed E-state index contributed by atoms with van der Waals surface area (Å²) in [5.41, 5.74) is 3.27. The molecule has 144 valence electrons. The molecule has 0 aliphatic heterocycles. The first-order chi connectivity index (χ1) is 13.5. The lowest BCUT2D eigenvalue weighted by Gasteiger charge is -2.05. The molecule has 0 aliphatic rings. The van der Waals surface area contributed by atoms with E-state index in [0.717, 1.165) is 12.0 Å². The summed E-state index contributed by atoms with van der Waals surface area (Å²) in [5, 5.41) is 9.84. The molecule has 3 aromatic rings. The molecular formula is C22H24N4O2. The second-order valence-corrected chi connectivity index (χ2v) is 6.58. The third-order valence-electron chi connectivity index (χ3n) is 4.48. The van der Waals surface area contributed by atoms with Crippen molar-refractivity contribution in [2.24, 2.45) is 7.05 Å². The summed E-state index contributed by atoms with van der Waals surface area (Å²) < 4.78 is 1.50. The van der Waals surface area contributed by atoms with Crippen LogP contribution in [0, 0.1) is 0 Å². The molecule has 2 aromatic carbocycles. The summed E-state index contributed by atoms with van der Waals surface area (Å²) >= 11 is 0. The van der Waals surface area contributed by atoms with E-state index >= 15 is 0 Å². The van der Waals surface area contributed by atoms with Gasteiger partial charge in [0.25, 0.3) is 5.91 Å². The zero-order valence-electron chi connectivity index (χ0n) is 16.1. The van der Waals surface area contributed by atoms with Crippen LogP contribution in [0.2, 0.25) is 0 Å². The highest BCUT2D eigenvalue weighted by atomic mass is 16.2. The minimum absolute atomic E-state index is 0.117. The summed E-state index contributed by atoms with van der Waals surface area (Å²) in [4.78, 5) is 24.6. The van der Waals surface area contributed by atoms with Gasteiger partial charge in [-0.05, 0) is 36.1 Å². The topological polar surface area (TPSA) is 76.0 Å². The highest BCUT2D eigenvalue weighted by Gasteiger charge is 2.15. The Balaban J connectivity index is 1.58. The fourth-order valence-corrected chi connectivity index (χ4v) is 2.82. The van der Waals surface area contributed by atoms with E-state index in [1.54, 1.807) is 13.1 Å². The zero-order chi connectivity index (χ0) is 19.9. The number of nitrogens with one attached hydrogen (secondary N) is 2. The van der Waals surface area contributed by atoms with Crippen LogP contribution in [0.25, 0.3) is 0 Å². The maximum absolute atomic E-state index is 12.4. The summed E-state index contributed by atoms with van der Waals surface area (Å²) in [6.45, 7) is 2.08. The van der Waals surface area contributed by atoms with Crippen LogP contribution in [0.1, 0.15) is 35.0 Å². The molecule has 2 N–H and O–H groups in total. The van der Waals surface area contributed by atoms with E-state index < -0.39 is 0 Å². The molecule has 1 aromatic heterocycles. The molecule has 0 bridgehead atoms. The first-order valence-corrected chi connectivity index (χ1v) is 9.33. The quantitative estimate of drug-likeness (QED) is 0.658. The molecule has 3 rings (SSSR count). The number of aromatic nitrogens is 2. The van der Waals surface area contributed by atoms with Gasteiger partial charge in [0.2, 0.25) is 5.91 Å². The van der Waals surface area contributed by atoms with Gasteiger partial charge >= 0.3 is 0 Å². The Morgan fingerprint density at radius 1 is 0.964 bits per heavy atom. The first-order valence-electron chi connectivity index (χ1n) is 9.33. The van der Waals surface area contributed by atoms with E-state index in [4.69, 9.17) is 0 Å². The smallest absolute Gasteiger partial charge is 0.276 e. The normalized spacial score (nSPS) is 10.5. The largest absolute Gasteiger partial charge is 0.321 e. The van der Waals surface area contributed by atoms with Crippen LogP contribution in [-0.2, 0) is 24.7 Å². The number of aryl methyl sites for hydroxylation is 3. The van der Waals surface area contributed by atoms with Crippen molar-refractivity contribution in [3.63, 3.8) is 0 Å². The Labute approximate surface area is 164 Å². The van der Waals surface area contributed by atoms with Crippen molar-refractivity contribution in [2.75, 3.05) is 10.6 Å². The van der Waals surface area contributed by atoms with Crippen LogP contribution in [0.5, 0.6) is 0 Å². The number of benzene rings is 2. The van der Waals surface area contributed by atoms with Crippen molar-refractivity contribution < 1.29 is 9.59 Å². The van der Waals surface area contributed by atoms with Gasteiger partial charge in [-0.2, -0.15) is 5.10 Å². The van der Waals surface area contributed by atoms with Gasteiger partial charge < -0.3 is 10.6 Å². The van der Waals surface area contributed by atoms with E-state index in [2.05, 4.69) is 22.7 Å². The number of rotatable bonds is 7. The molecule has 0 aliphatic carbocycles. The van der Waals surface area contributed by atoms with Gasteiger partial charge in [0.15, 0.2) is 5.69 Å². The van der Waals surface area contributed by atoms with E-state index in [-0.39, 0.29) is 17.5 Å². The number of hydrogen-bond acceptors (Lipinski definition) is 3. The fraction of sp³-hybridized carbons (Fsp3) is 0.227. The lowest BCUT2D eigenvalue weighted by Crippen LogP contribution is -2.14. The summed E-state index contributed by atoms with van der Waals surface area (Å²) in [6, 6.07) is 19.1. The van der Waals surface area contributed by atoms with Crippen molar-refractivity contribution in [1.29, 1.82) is 0 Å². The predicted octanol–water partition coefficient (Wildman–Crippen LogP) is 3.81. The Morgan fingerprint density at radius 3 is 2.36 bits per heavy atom. The van der Waals surface area contributed by atoms with E-state index in [9.17, 15) is 9.59 Å². The van der Waals surface area contributed by atoms with Gasteiger partial charge in [0.05, 0.1) is 0 Å². The number of hydrogen-bond donors (Lipinski definition) is 2. The number of nitrogens with zero attached hydrogens (tertiary/aromatic N) is 2. The third-order valence-corrected chi connectivity index (χ3v) is 4.48. The zero-order valence-corrected chi connectivity index (χ0v) is 16.1. The molecule has 0 saturated heterocycles. The second-order valence-electron chi connectivity index (χ2n) is 6.58. The van der Waals surface area contributed by atoms with Crippen molar-refractivity contribution in [3.05, 3.63) is 77.5 Å². The van der Waals surface area contributed by atoms with Gasteiger partial charge in [0, 0.05) is 25.2 Å². The van der Waals surface area contributed by atoms with Gasteiger partial charge in [-0.3, -0.25) is 14.3 Å². The first kappa shape index (κ1) is 19.4. The van der Waals surface area contributed by atoms with Crippen molar-refractivity contribution in [2.45, 2.75) is 26.2 Å². The Hall–Kier alpha value is -3.41. The molecule has 0 saturated carbocycles. The standard InChI is InChI=1S/C22H24N4O2/c1-3-16-9-12-18(13-10-16)23-22(28)19-15-20(26(2)25-19)24-21(27)14-11-17-7-5-4-6-8-17/h4-10,12-13,15H,3,11,14H2,1-2H3,(H,23,28)(H,24,27). The van der Waals surface area contributed by atoms with Crippen molar-refractivity contribution in [1.82, 2.24) is 9.78 Å². The van der Waals surface area contributed by atoms with Crippen molar-refractivity contribution in [3.8, 4) is 0 Å². The van der Waals surface area contributed by atoms with Crippen LogP contribution in [0.4, 0.5) is 11.5 Å². The fourth-order valence-electron chi connectivity index (χ4n) is 2.82. The highest BCUT2D eigenvalue weighted by Crippen LogP contribution is 2.14. The minimum Gasteiger partial charge on any atom is -0.321 e. The third kappa shape index (κ3) is 5.07. The number of amides is 2. The average molecular weight is 376 g/mol. The molecule has 0 fully saturated rings. The number of carbonyl (C=O) groups is 2. The molecule has 1 heterocycles. The number of carbonyl (C=O) groups excluding carboxylic acids is 2. The summed E-state index contributed by atoms with van der Waals surface area (Å²) in [6.07, 6.45) is 1.97. The lowest BCUT2D eigenvalue weighted by atomic mass is 10.1. The molecule has 0 unspecified atom stereocenters. The van der Waals surface area contributed by atoms with E-state index in [1.807, 2.05) is 54.6 Å². The van der Waals surface area contributed by atoms with Gasteiger partial charge in [-0.25, -0.2) is 0 Å². The van der Waals surface area contributed by atoms with E-state index in [0.29, 0.717) is 24.3 Å². The molecule has 6 heteroatoms. The Kier molecular flexibility index (Phi) is 6.22.